The Balaban J connectivity index is 1.63. The molecule has 1 N–H and O–H groups in total. The Morgan fingerprint density at radius 3 is 2.58 bits per heavy atom. The van der Waals surface area contributed by atoms with Crippen molar-refractivity contribution in [1.82, 2.24) is 20.0 Å². The van der Waals surface area contributed by atoms with Gasteiger partial charge in [0.25, 0.3) is 5.91 Å². The van der Waals surface area contributed by atoms with E-state index in [4.69, 9.17) is 9.47 Å². The van der Waals surface area contributed by atoms with Crippen LogP contribution in [0.2, 0.25) is 0 Å². The number of nitrogens with one attached hydrogen (secondary N) is 1. The van der Waals surface area contributed by atoms with Crippen molar-refractivity contribution in [2.75, 3.05) is 27.4 Å². The third-order valence-corrected chi connectivity index (χ3v) is 6.01. The second-order valence-electron chi connectivity index (χ2n) is 8.16. The molecule has 0 spiro atoms. The van der Waals surface area contributed by atoms with Crippen LogP contribution in [0.4, 0.5) is 0 Å². The second kappa shape index (κ2) is 9.46. The van der Waals surface area contributed by atoms with Crippen LogP contribution in [0.15, 0.2) is 60.7 Å². The van der Waals surface area contributed by atoms with Crippen LogP contribution < -0.4 is 10.1 Å². The molecule has 1 unspecified atom stereocenters. The quantitative estimate of drug-likeness (QED) is 0.573. The van der Waals surface area contributed by atoms with E-state index in [-0.39, 0.29) is 24.9 Å². The molecule has 1 aliphatic rings. The molecule has 0 fully saturated rings. The average molecular weight is 449 g/mol. The van der Waals surface area contributed by atoms with E-state index in [1.54, 1.807) is 36.8 Å². The zero-order valence-corrected chi connectivity index (χ0v) is 19.1. The number of para-hydroxylation sites is 1. The number of carbonyl (C=O) groups excluding carboxylic acids is 2. The van der Waals surface area contributed by atoms with Crippen LogP contribution in [0.3, 0.4) is 0 Å². The summed E-state index contributed by atoms with van der Waals surface area (Å²) in [6.45, 7) is 2.90. The van der Waals surface area contributed by atoms with Gasteiger partial charge in [-0.2, -0.15) is 5.10 Å². The van der Waals surface area contributed by atoms with Gasteiger partial charge >= 0.3 is 0 Å². The van der Waals surface area contributed by atoms with Crippen molar-refractivity contribution in [2.45, 2.75) is 25.6 Å². The van der Waals surface area contributed by atoms with Gasteiger partial charge in [0.05, 0.1) is 26.0 Å². The Morgan fingerprint density at radius 1 is 1.12 bits per heavy atom. The molecule has 0 bridgehead atoms. The molecule has 2 heterocycles. The van der Waals surface area contributed by atoms with Crippen molar-refractivity contribution in [3.63, 3.8) is 0 Å². The van der Waals surface area contributed by atoms with Gasteiger partial charge in [-0.25, -0.2) is 0 Å². The Bertz CT molecular complexity index is 1140. The lowest BCUT2D eigenvalue weighted by Gasteiger charge is -2.43. The third kappa shape index (κ3) is 4.34. The van der Waals surface area contributed by atoms with Gasteiger partial charge in [-0.3, -0.25) is 14.3 Å². The fourth-order valence-electron chi connectivity index (χ4n) is 4.14. The number of carbonyl (C=O) groups is 2. The van der Waals surface area contributed by atoms with Crippen LogP contribution in [-0.2, 0) is 22.6 Å². The molecule has 4 rings (SSSR count). The summed E-state index contributed by atoms with van der Waals surface area (Å²) >= 11 is 0. The van der Waals surface area contributed by atoms with Crippen LogP contribution in [0.25, 0.3) is 11.3 Å². The summed E-state index contributed by atoms with van der Waals surface area (Å²) < 4.78 is 12.2. The average Bonchev–Trinajstić information content (AvgIpc) is 3.27. The van der Waals surface area contributed by atoms with Crippen molar-refractivity contribution in [3.8, 4) is 17.0 Å². The first kappa shape index (κ1) is 22.5. The highest BCUT2D eigenvalue weighted by Crippen LogP contribution is 2.30. The first-order chi connectivity index (χ1) is 16.0. The van der Waals surface area contributed by atoms with E-state index in [1.807, 2.05) is 54.6 Å². The van der Waals surface area contributed by atoms with E-state index in [2.05, 4.69) is 10.4 Å². The summed E-state index contributed by atoms with van der Waals surface area (Å²) in [4.78, 5) is 28.5. The van der Waals surface area contributed by atoms with E-state index < -0.39 is 5.54 Å². The summed E-state index contributed by atoms with van der Waals surface area (Å²) in [6, 6.07) is 19.0. The molecule has 8 nitrogen and oxygen atoms in total. The molecule has 0 radical (unpaired) electrons. The maximum Gasteiger partial charge on any atom is 0.273 e. The number of rotatable bonds is 8. The van der Waals surface area contributed by atoms with E-state index in [9.17, 15) is 9.59 Å². The van der Waals surface area contributed by atoms with Gasteiger partial charge in [-0.1, -0.05) is 48.5 Å². The van der Waals surface area contributed by atoms with Crippen LogP contribution in [-0.4, -0.2) is 59.4 Å². The maximum atomic E-state index is 13.5. The largest absolute Gasteiger partial charge is 0.496 e. The minimum Gasteiger partial charge on any atom is -0.496 e. The van der Waals surface area contributed by atoms with Crippen molar-refractivity contribution in [2.24, 2.45) is 0 Å². The summed E-state index contributed by atoms with van der Waals surface area (Å²) in [7, 11) is 3.17. The van der Waals surface area contributed by atoms with Gasteiger partial charge in [0.15, 0.2) is 0 Å². The highest BCUT2D eigenvalue weighted by molar-refractivity contribution is 6.00. The summed E-state index contributed by atoms with van der Waals surface area (Å²) in [5.41, 5.74) is 1.79. The summed E-state index contributed by atoms with van der Waals surface area (Å²) in [6.07, 6.45) is 0. The normalized spacial score (nSPS) is 17.5. The minimum absolute atomic E-state index is 0.238. The van der Waals surface area contributed by atoms with E-state index in [1.165, 1.54) is 0 Å². The Kier molecular flexibility index (Phi) is 6.46. The number of nitrogens with zero attached hydrogens (tertiary/aromatic N) is 3. The maximum absolute atomic E-state index is 13.5. The molecular weight excluding hydrogens is 420 g/mol. The first-order valence-electron chi connectivity index (χ1n) is 10.8. The molecule has 1 aliphatic heterocycles. The van der Waals surface area contributed by atoms with E-state index in [0.717, 1.165) is 11.1 Å². The van der Waals surface area contributed by atoms with Gasteiger partial charge in [0, 0.05) is 31.3 Å². The molecule has 2 aromatic carbocycles. The molecule has 1 atom stereocenters. The smallest absolute Gasteiger partial charge is 0.273 e. The lowest BCUT2D eigenvalue weighted by molar-refractivity contribution is -0.133. The molecule has 0 saturated carbocycles. The lowest BCUT2D eigenvalue weighted by atomic mass is 9.94. The summed E-state index contributed by atoms with van der Waals surface area (Å²) in [5.74, 6) is 0.184. The minimum atomic E-state index is -1.13. The fourth-order valence-corrected chi connectivity index (χ4v) is 4.14. The van der Waals surface area contributed by atoms with Gasteiger partial charge in [0.1, 0.15) is 17.0 Å². The SMILES string of the molecule is COCCN1C(=O)c2cc(-c3ccccc3)nn2CC1(C)C(=O)NCc1ccccc1OC. The zero-order chi connectivity index (χ0) is 23.4. The zero-order valence-electron chi connectivity index (χ0n) is 19.1. The topological polar surface area (TPSA) is 85.7 Å². The predicted octanol–water partition coefficient (Wildman–Crippen LogP) is 2.74. The number of amides is 2. The number of hydrogen-bond donors (Lipinski definition) is 1. The van der Waals surface area contributed by atoms with E-state index in [0.29, 0.717) is 30.3 Å². The highest BCUT2D eigenvalue weighted by atomic mass is 16.5. The Morgan fingerprint density at radius 2 is 1.85 bits per heavy atom. The fraction of sp³-hybridized carbons (Fsp3) is 0.320. The molecule has 8 heteroatoms. The lowest BCUT2D eigenvalue weighted by Crippen LogP contribution is -2.64. The summed E-state index contributed by atoms with van der Waals surface area (Å²) in [5, 5.41) is 7.63. The van der Waals surface area contributed by atoms with Crippen LogP contribution >= 0.6 is 0 Å². The molecule has 0 saturated heterocycles. The molecular formula is C25H28N4O4. The molecule has 2 amide bonds. The predicted molar refractivity (Wildman–Crippen MR) is 124 cm³/mol. The van der Waals surface area contributed by atoms with Gasteiger partial charge in [-0.15, -0.1) is 0 Å². The number of ether oxygens (including phenoxy) is 2. The van der Waals surface area contributed by atoms with Crippen molar-refractivity contribution in [1.29, 1.82) is 0 Å². The molecule has 33 heavy (non-hydrogen) atoms. The standard InChI is InChI=1S/C25H28N4O4/c1-25(24(31)26-16-19-11-7-8-12-22(19)33-3)17-29-21(23(30)28(25)13-14-32-2)15-20(27-29)18-9-5-4-6-10-18/h4-12,15H,13-14,16-17H2,1-3H3,(H,26,31). The molecule has 172 valence electrons. The number of benzene rings is 2. The van der Waals surface area contributed by atoms with Crippen LogP contribution in [0.1, 0.15) is 23.0 Å². The van der Waals surface area contributed by atoms with Crippen LogP contribution in [0, 0.1) is 0 Å². The van der Waals surface area contributed by atoms with Crippen molar-refractivity contribution in [3.05, 3.63) is 71.9 Å². The second-order valence-corrected chi connectivity index (χ2v) is 8.16. The van der Waals surface area contributed by atoms with Gasteiger partial charge in [-0.05, 0) is 19.1 Å². The molecule has 1 aromatic heterocycles. The van der Waals surface area contributed by atoms with Gasteiger partial charge in [0.2, 0.25) is 5.91 Å². The number of aromatic nitrogens is 2. The van der Waals surface area contributed by atoms with Crippen molar-refractivity contribution < 1.29 is 19.1 Å². The Labute approximate surface area is 193 Å². The monoisotopic (exact) mass is 448 g/mol. The highest BCUT2D eigenvalue weighted by Gasteiger charge is 2.47. The Hall–Kier alpha value is -3.65. The van der Waals surface area contributed by atoms with Crippen molar-refractivity contribution >= 4 is 11.8 Å². The van der Waals surface area contributed by atoms with Crippen LogP contribution in [0.5, 0.6) is 5.75 Å². The number of hydrogen-bond acceptors (Lipinski definition) is 5. The van der Waals surface area contributed by atoms with Gasteiger partial charge < -0.3 is 19.7 Å². The first-order valence-corrected chi connectivity index (χ1v) is 10.8. The molecule has 0 aliphatic carbocycles. The number of methoxy groups -OCH3 is 2. The van der Waals surface area contributed by atoms with E-state index >= 15 is 0 Å². The third-order valence-electron chi connectivity index (χ3n) is 6.01. The molecule has 3 aromatic rings. The number of fused-ring (bicyclic) bond motifs is 1.